The first-order chi connectivity index (χ1) is 9.24. The van der Waals surface area contributed by atoms with E-state index in [2.05, 4.69) is 5.32 Å². The van der Waals surface area contributed by atoms with Crippen LogP contribution in [0.25, 0.3) is 6.08 Å². The summed E-state index contributed by atoms with van der Waals surface area (Å²) in [5, 5.41) is 2.78. The molecule has 19 heavy (non-hydrogen) atoms. The molecule has 0 aliphatic carbocycles. The highest BCUT2D eigenvalue weighted by molar-refractivity contribution is 5.91. The quantitative estimate of drug-likeness (QED) is 0.835. The lowest BCUT2D eigenvalue weighted by molar-refractivity contribution is -0.116. The highest BCUT2D eigenvalue weighted by Gasteiger charge is 1.96. The lowest BCUT2D eigenvalue weighted by Crippen LogP contribution is -2.20. The summed E-state index contributed by atoms with van der Waals surface area (Å²) in [6, 6.07) is 15.6. The molecule has 0 aliphatic heterocycles. The molecule has 2 aromatic carbocycles. The number of carbonyl (C=O) groups excluding carboxylic acids is 1. The highest BCUT2D eigenvalue weighted by atomic mass is 19.1. The Labute approximate surface area is 111 Å². The number of carbonyl (C=O) groups is 1. The zero-order chi connectivity index (χ0) is 13.5. The summed E-state index contributed by atoms with van der Waals surface area (Å²) >= 11 is 0. The fourth-order valence-corrected chi connectivity index (χ4v) is 1.59. The molecule has 0 atom stereocenters. The van der Waals surface area contributed by atoms with Crippen LogP contribution < -0.4 is 5.32 Å². The summed E-state index contributed by atoms with van der Waals surface area (Å²) in [5.41, 5.74) is 1.84. The van der Waals surface area contributed by atoms with Crippen molar-refractivity contribution in [3.05, 3.63) is 77.6 Å². The summed E-state index contributed by atoms with van der Waals surface area (Å²) < 4.78 is 12.7. The van der Waals surface area contributed by atoms with E-state index in [0.717, 1.165) is 11.1 Å². The van der Waals surface area contributed by atoms with Gasteiger partial charge in [0.05, 0.1) is 0 Å². The van der Waals surface area contributed by atoms with Crippen molar-refractivity contribution in [3.63, 3.8) is 0 Å². The van der Waals surface area contributed by atoms with Crippen molar-refractivity contribution >= 4 is 12.0 Å². The third-order valence-electron chi connectivity index (χ3n) is 2.61. The number of rotatable bonds is 4. The van der Waals surface area contributed by atoms with Crippen molar-refractivity contribution in [2.24, 2.45) is 0 Å². The van der Waals surface area contributed by atoms with E-state index in [9.17, 15) is 9.18 Å². The smallest absolute Gasteiger partial charge is 0.244 e. The molecule has 0 radical (unpaired) electrons. The van der Waals surface area contributed by atoms with Gasteiger partial charge in [0.1, 0.15) is 5.82 Å². The van der Waals surface area contributed by atoms with Crippen LogP contribution in [-0.4, -0.2) is 5.91 Å². The largest absolute Gasteiger partial charge is 0.348 e. The van der Waals surface area contributed by atoms with Gasteiger partial charge in [-0.3, -0.25) is 4.79 Å². The van der Waals surface area contributed by atoms with Crippen molar-refractivity contribution in [2.45, 2.75) is 6.54 Å². The van der Waals surface area contributed by atoms with Crippen molar-refractivity contribution in [1.82, 2.24) is 5.32 Å². The Morgan fingerprint density at radius 3 is 2.42 bits per heavy atom. The average Bonchev–Trinajstić information content (AvgIpc) is 2.45. The maximum atomic E-state index is 12.7. The Morgan fingerprint density at radius 2 is 1.74 bits per heavy atom. The van der Waals surface area contributed by atoms with E-state index in [0.29, 0.717) is 6.54 Å². The highest BCUT2D eigenvalue weighted by Crippen LogP contribution is 2.04. The van der Waals surface area contributed by atoms with Crippen LogP contribution in [-0.2, 0) is 11.3 Å². The van der Waals surface area contributed by atoms with E-state index >= 15 is 0 Å². The van der Waals surface area contributed by atoms with Gasteiger partial charge in [0, 0.05) is 12.6 Å². The molecule has 96 valence electrons. The van der Waals surface area contributed by atoms with E-state index in [1.165, 1.54) is 18.2 Å². The molecule has 0 unspecified atom stereocenters. The first-order valence-electron chi connectivity index (χ1n) is 5.99. The predicted molar refractivity (Wildman–Crippen MR) is 73.7 cm³/mol. The maximum absolute atomic E-state index is 12.7. The minimum Gasteiger partial charge on any atom is -0.348 e. The first-order valence-corrected chi connectivity index (χ1v) is 5.99. The molecule has 1 amide bonds. The topological polar surface area (TPSA) is 29.1 Å². The van der Waals surface area contributed by atoms with Gasteiger partial charge in [0.2, 0.25) is 5.91 Å². The van der Waals surface area contributed by atoms with Gasteiger partial charge >= 0.3 is 0 Å². The van der Waals surface area contributed by atoms with E-state index in [-0.39, 0.29) is 11.7 Å². The molecule has 0 aromatic heterocycles. The van der Waals surface area contributed by atoms with Crippen LogP contribution in [0.5, 0.6) is 0 Å². The van der Waals surface area contributed by atoms with Gasteiger partial charge in [0.25, 0.3) is 0 Å². The summed E-state index contributed by atoms with van der Waals surface area (Å²) in [5.74, 6) is -0.459. The minimum absolute atomic E-state index is 0.173. The molecule has 0 saturated carbocycles. The molecule has 1 N–H and O–H groups in total. The molecule has 2 aromatic rings. The zero-order valence-electron chi connectivity index (χ0n) is 10.3. The Balaban J connectivity index is 1.86. The zero-order valence-corrected chi connectivity index (χ0v) is 10.3. The lowest BCUT2D eigenvalue weighted by Gasteiger charge is -2.01. The van der Waals surface area contributed by atoms with Crippen molar-refractivity contribution in [1.29, 1.82) is 0 Å². The van der Waals surface area contributed by atoms with E-state index in [4.69, 9.17) is 0 Å². The molecular weight excluding hydrogens is 241 g/mol. The van der Waals surface area contributed by atoms with Gasteiger partial charge in [-0.05, 0) is 29.3 Å². The molecule has 0 heterocycles. The first kappa shape index (κ1) is 13.0. The molecule has 2 nitrogen and oxygen atoms in total. The number of halogens is 1. The summed E-state index contributed by atoms with van der Waals surface area (Å²) in [7, 11) is 0. The molecule has 0 saturated heterocycles. The Hall–Kier alpha value is -2.42. The third-order valence-corrected chi connectivity index (χ3v) is 2.61. The SMILES string of the molecule is O=C(C=Cc1ccc(F)cc1)NCc1ccccc1. The van der Waals surface area contributed by atoms with Crippen molar-refractivity contribution in [3.8, 4) is 0 Å². The van der Waals surface area contributed by atoms with Gasteiger partial charge in [-0.25, -0.2) is 4.39 Å². The van der Waals surface area contributed by atoms with Crippen LogP contribution >= 0.6 is 0 Å². The molecular formula is C16H14FNO. The monoisotopic (exact) mass is 255 g/mol. The van der Waals surface area contributed by atoms with E-state index < -0.39 is 0 Å². The fraction of sp³-hybridized carbons (Fsp3) is 0.0625. The van der Waals surface area contributed by atoms with E-state index in [1.807, 2.05) is 30.3 Å². The van der Waals surface area contributed by atoms with Crippen LogP contribution in [0.4, 0.5) is 4.39 Å². The van der Waals surface area contributed by atoms with Crippen LogP contribution in [0.1, 0.15) is 11.1 Å². The molecule has 3 heteroatoms. The fourth-order valence-electron chi connectivity index (χ4n) is 1.59. The summed E-state index contributed by atoms with van der Waals surface area (Å²) in [6.07, 6.45) is 3.09. The second-order valence-corrected chi connectivity index (χ2v) is 4.09. The third kappa shape index (κ3) is 4.39. The predicted octanol–water partition coefficient (Wildman–Crippen LogP) is 3.16. The van der Waals surface area contributed by atoms with Crippen molar-refractivity contribution < 1.29 is 9.18 Å². The Bertz CT molecular complexity index is 561. The van der Waals surface area contributed by atoms with Crippen LogP contribution in [0.2, 0.25) is 0 Å². The van der Waals surface area contributed by atoms with Crippen LogP contribution in [0, 0.1) is 5.82 Å². The summed E-state index contributed by atoms with van der Waals surface area (Å²) in [6.45, 7) is 0.493. The second-order valence-electron chi connectivity index (χ2n) is 4.09. The number of hydrogen-bond donors (Lipinski definition) is 1. The molecule has 0 bridgehead atoms. The lowest BCUT2D eigenvalue weighted by atomic mass is 10.2. The van der Waals surface area contributed by atoms with Gasteiger partial charge in [0.15, 0.2) is 0 Å². The molecule has 0 fully saturated rings. The average molecular weight is 255 g/mol. The maximum Gasteiger partial charge on any atom is 0.244 e. The molecule has 2 rings (SSSR count). The van der Waals surface area contributed by atoms with Gasteiger partial charge in [-0.1, -0.05) is 42.5 Å². The van der Waals surface area contributed by atoms with Crippen molar-refractivity contribution in [2.75, 3.05) is 0 Å². The Morgan fingerprint density at radius 1 is 1.05 bits per heavy atom. The molecule has 0 spiro atoms. The van der Waals surface area contributed by atoms with Gasteiger partial charge < -0.3 is 5.32 Å². The normalized spacial score (nSPS) is 10.6. The van der Waals surface area contributed by atoms with Crippen LogP contribution in [0.15, 0.2) is 60.7 Å². The number of benzene rings is 2. The minimum atomic E-state index is -0.286. The van der Waals surface area contributed by atoms with E-state index in [1.54, 1.807) is 18.2 Å². The van der Waals surface area contributed by atoms with Gasteiger partial charge in [-0.15, -0.1) is 0 Å². The summed E-state index contributed by atoms with van der Waals surface area (Å²) in [4.78, 5) is 11.6. The standard InChI is InChI=1S/C16H14FNO/c17-15-9-6-13(7-10-15)8-11-16(19)18-12-14-4-2-1-3-5-14/h1-11H,12H2,(H,18,19). The number of amides is 1. The van der Waals surface area contributed by atoms with Crippen LogP contribution in [0.3, 0.4) is 0 Å². The second kappa shape index (κ2) is 6.50. The number of nitrogens with one attached hydrogen (secondary N) is 1. The van der Waals surface area contributed by atoms with Gasteiger partial charge in [-0.2, -0.15) is 0 Å². The number of hydrogen-bond acceptors (Lipinski definition) is 1. The molecule has 0 aliphatic rings. The Kier molecular flexibility index (Phi) is 4.45.